The van der Waals surface area contributed by atoms with Gasteiger partial charge < -0.3 is 15.1 Å². The number of hydrogen-bond donors (Lipinski definition) is 1. The molecule has 2 amide bonds. The van der Waals surface area contributed by atoms with Crippen LogP contribution in [0.1, 0.15) is 15.9 Å². The summed E-state index contributed by atoms with van der Waals surface area (Å²) < 4.78 is 0. The molecule has 5 heteroatoms. The number of anilines is 1. The van der Waals surface area contributed by atoms with Gasteiger partial charge in [-0.1, -0.05) is 48.6 Å². The molecule has 2 aromatic rings. The summed E-state index contributed by atoms with van der Waals surface area (Å²) >= 11 is 0. The Hall–Kier alpha value is -3.34. The van der Waals surface area contributed by atoms with Crippen molar-refractivity contribution < 1.29 is 9.59 Å². The van der Waals surface area contributed by atoms with Crippen molar-refractivity contribution >= 4 is 17.5 Å². The summed E-state index contributed by atoms with van der Waals surface area (Å²) in [6.45, 7) is 8.95. The molecular formula is C23H27N3O2. The number of benzene rings is 2. The Morgan fingerprint density at radius 1 is 1.00 bits per heavy atom. The average molecular weight is 377 g/mol. The summed E-state index contributed by atoms with van der Waals surface area (Å²) in [4.78, 5) is 28.4. The molecule has 0 aliphatic carbocycles. The Morgan fingerprint density at radius 2 is 1.68 bits per heavy atom. The van der Waals surface area contributed by atoms with E-state index >= 15 is 0 Å². The van der Waals surface area contributed by atoms with E-state index in [2.05, 4.69) is 18.5 Å². The first kappa shape index (κ1) is 21.0. The van der Waals surface area contributed by atoms with Gasteiger partial charge in [0, 0.05) is 37.9 Å². The Morgan fingerprint density at radius 3 is 2.32 bits per heavy atom. The molecule has 0 fully saturated rings. The maximum Gasteiger partial charge on any atom is 0.253 e. The molecule has 0 aliphatic heterocycles. The van der Waals surface area contributed by atoms with Gasteiger partial charge in [0.1, 0.15) is 0 Å². The van der Waals surface area contributed by atoms with Gasteiger partial charge in [-0.3, -0.25) is 9.59 Å². The van der Waals surface area contributed by atoms with Crippen molar-refractivity contribution in [3.05, 3.63) is 91.0 Å². The maximum atomic E-state index is 12.7. The van der Waals surface area contributed by atoms with Crippen LogP contribution in [0.15, 0.2) is 79.9 Å². The van der Waals surface area contributed by atoms with Crippen LogP contribution in [-0.2, 0) is 11.3 Å². The Bertz CT molecular complexity index is 808. The second-order valence-electron chi connectivity index (χ2n) is 6.46. The topological polar surface area (TPSA) is 52.7 Å². The van der Waals surface area contributed by atoms with Gasteiger partial charge in [0.15, 0.2) is 0 Å². The van der Waals surface area contributed by atoms with Crippen molar-refractivity contribution in [2.45, 2.75) is 6.54 Å². The van der Waals surface area contributed by atoms with Crippen molar-refractivity contribution in [2.24, 2.45) is 0 Å². The maximum absolute atomic E-state index is 12.7. The average Bonchev–Trinajstić information content (AvgIpc) is 2.72. The van der Waals surface area contributed by atoms with E-state index < -0.39 is 0 Å². The lowest BCUT2D eigenvalue weighted by molar-refractivity contribution is -0.128. The van der Waals surface area contributed by atoms with Gasteiger partial charge in [-0.2, -0.15) is 0 Å². The fourth-order valence-corrected chi connectivity index (χ4v) is 2.79. The second kappa shape index (κ2) is 10.7. The number of rotatable bonds is 10. The summed E-state index contributed by atoms with van der Waals surface area (Å²) in [6, 6.07) is 17.0. The molecule has 0 bridgehead atoms. The van der Waals surface area contributed by atoms with Crippen LogP contribution in [0.5, 0.6) is 0 Å². The molecule has 28 heavy (non-hydrogen) atoms. The molecule has 5 nitrogen and oxygen atoms in total. The van der Waals surface area contributed by atoms with Crippen LogP contribution in [0.3, 0.4) is 0 Å². The third kappa shape index (κ3) is 6.13. The van der Waals surface area contributed by atoms with Gasteiger partial charge in [0.25, 0.3) is 5.91 Å². The number of nitrogens with zero attached hydrogens (tertiary/aromatic N) is 2. The van der Waals surface area contributed by atoms with Crippen LogP contribution in [0.25, 0.3) is 0 Å². The minimum atomic E-state index is -0.0706. The highest BCUT2D eigenvalue weighted by Gasteiger charge is 2.14. The number of nitrogens with one attached hydrogen (secondary N) is 1. The molecule has 0 heterocycles. The molecule has 0 radical (unpaired) electrons. The lowest BCUT2D eigenvalue weighted by Gasteiger charge is -2.20. The SMILES string of the molecule is C=CCN(CC=C)C(=O)CNc1cccc(C(=O)N(C)Cc2ccccc2)c1. The third-order valence-electron chi connectivity index (χ3n) is 4.21. The smallest absolute Gasteiger partial charge is 0.253 e. The van der Waals surface area contributed by atoms with Crippen molar-refractivity contribution in [1.82, 2.24) is 9.80 Å². The van der Waals surface area contributed by atoms with Crippen LogP contribution >= 0.6 is 0 Å². The summed E-state index contributed by atoms with van der Waals surface area (Å²) in [6.07, 6.45) is 3.37. The third-order valence-corrected chi connectivity index (χ3v) is 4.21. The van der Waals surface area contributed by atoms with E-state index in [1.807, 2.05) is 42.5 Å². The molecular weight excluding hydrogens is 350 g/mol. The number of carbonyl (C=O) groups excluding carboxylic acids is 2. The van der Waals surface area contributed by atoms with Gasteiger partial charge in [0.05, 0.1) is 6.54 Å². The molecule has 1 N–H and O–H groups in total. The normalized spacial score (nSPS) is 10.0. The highest BCUT2D eigenvalue weighted by molar-refractivity contribution is 5.95. The Kier molecular flexibility index (Phi) is 8.03. The van der Waals surface area contributed by atoms with Gasteiger partial charge in [-0.05, 0) is 23.8 Å². The zero-order chi connectivity index (χ0) is 20.4. The quantitative estimate of drug-likeness (QED) is 0.644. The molecule has 0 aliphatic rings. The molecule has 2 rings (SSSR count). The van der Waals surface area contributed by atoms with Crippen molar-refractivity contribution in [1.29, 1.82) is 0 Å². The molecule has 0 spiro atoms. The highest BCUT2D eigenvalue weighted by atomic mass is 16.2. The van der Waals surface area contributed by atoms with Crippen molar-refractivity contribution in [3.63, 3.8) is 0 Å². The predicted molar refractivity (Wildman–Crippen MR) is 114 cm³/mol. The van der Waals surface area contributed by atoms with E-state index in [9.17, 15) is 9.59 Å². The van der Waals surface area contributed by atoms with Gasteiger partial charge in [0.2, 0.25) is 5.91 Å². The fourth-order valence-electron chi connectivity index (χ4n) is 2.79. The summed E-state index contributed by atoms with van der Waals surface area (Å²) in [7, 11) is 1.78. The molecule has 0 saturated carbocycles. The van der Waals surface area contributed by atoms with Crippen LogP contribution in [0.4, 0.5) is 5.69 Å². The highest BCUT2D eigenvalue weighted by Crippen LogP contribution is 2.14. The van der Waals surface area contributed by atoms with E-state index in [0.717, 1.165) is 11.3 Å². The number of carbonyl (C=O) groups is 2. The van der Waals surface area contributed by atoms with Crippen LogP contribution in [0.2, 0.25) is 0 Å². The predicted octanol–water partition coefficient (Wildman–Crippen LogP) is 3.57. The van der Waals surface area contributed by atoms with Crippen LogP contribution in [-0.4, -0.2) is 48.3 Å². The first-order valence-corrected chi connectivity index (χ1v) is 9.18. The summed E-state index contributed by atoms with van der Waals surface area (Å²) in [5.41, 5.74) is 2.37. The standard InChI is InChI=1S/C23H27N3O2/c1-4-14-26(15-5-2)22(27)17-24-21-13-9-12-20(16-21)23(28)25(3)18-19-10-7-6-8-11-19/h4-13,16,24H,1-2,14-15,17-18H2,3H3. The molecule has 0 atom stereocenters. The first-order valence-electron chi connectivity index (χ1n) is 9.18. The van der Waals surface area contributed by atoms with E-state index in [1.165, 1.54) is 0 Å². The first-order chi connectivity index (χ1) is 13.5. The van der Waals surface area contributed by atoms with Crippen molar-refractivity contribution in [3.8, 4) is 0 Å². The van der Waals surface area contributed by atoms with E-state index in [-0.39, 0.29) is 18.4 Å². The van der Waals surface area contributed by atoms with Gasteiger partial charge in [-0.15, -0.1) is 13.2 Å². The van der Waals surface area contributed by atoms with Crippen LogP contribution in [0, 0.1) is 0 Å². The minimum Gasteiger partial charge on any atom is -0.376 e. The molecule has 2 aromatic carbocycles. The van der Waals surface area contributed by atoms with Crippen LogP contribution < -0.4 is 5.32 Å². The lowest BCUT2D eigenvalue weighted by atomic mass is 10.1. The largest absolute Gasteiger partial charge is 0.376 e. The van der Waals surface area contributed by atoms with Gasteiger partial charge >= 0.3 is 0 Å². The second-order valence-corrected chi connectivity index (χ2v) is 6.46. The number of hydrogen-bond acceptors (Lipinski definition) is 3. The molecule has 0 aromatic heterocycles. The molecule has 0 saturated heterocycles. The molecule has 146 valence electrons. The zero-order valence-electron chi connectivity index (χ0n) is 16.3. The van der Waals surface area contributed by atoms with E-state index in [1.54, 1.807) is 41.1 Å². The lowest BCUT2D eigenvalue weighted by Crippen LogP contribution is -2.35. The zero-order valence-corrected chi connectivity index (χ0v) is 16.3. The van der Waals surface area contributed by atoms with E-state index in [0.29, 0.717) is 25.2 Å². The monoisotopic (exact) mass is 377 g/mol. The fraction of sp³-hybridized carbons (Fsp3) is 0.217. The summed E-state index contributed by atoms with van der Waals surface area (Å²) in [5, 5.41) is 3.10. The van der Waals surface area contributed by atoms with Gasteiger partial charge in [-0.25, -0.2) is 0 Å². The molecule has 0 unspecified atom stereocenters. The Labute approximate surface area is 167 Å². The van der Waals surface area contributed by atoms with E-state index in [4.69, 9.17) is 0 Å². The summed E-state index contributed by atoms with van der Waals surface area (Å²) in [5.74, 6) is -0.128. The number of amides is 2. The minimum absolute atomic E-state index is 0.0577. The Balaban J connectivity index is 1.98. The van der Waals surface area contributed by atoms with Crippen molar-refractivity contribution in [2.75, 3.05) is 32.0 Å².